The van der Waals surface area contributed by atoms with E-state index in [9.17, 15) is 8.78 Å². The summed E-state index contributed by atoms with van der Waals surface area (Å²) in [6.45, 7) is 0. The molecule has 2 aromatic rings. The van der Waals surface area contributed by atoms with E-state index >= 15 is 0 Å². The van der Waals surface area contributed by atoms with Crippen LogP contribution in [-0.2, 0) is 12.8 Å². The summed E-state index contributed by atoms with van der Waals surface area (Å²) in [5, 5.41) is 0. The van der Waals surface area contributed by atoms with Crippen molar-refractivity contribution >= 4 is 15.9 Å². The van der Waals surface area contributed by atoms with Crippen molar-refractivity contribution in [3.05, 3.63) is 58.0 Å². The zero-order valence-corrected chi connectivity index (χ0v) is 12.3. The summed E-state index contributed by atoms with van der Waals surface area (Å²) in [5.41, 5.74) is 2.63. The van der Waals surface area contributed by atoms with Gasteiger partial charge in [-0.3, -0.25) is 11.3 Å². The summed E-state index contributed by atoms with van der Waals surface area (Å²) >= 11 is 3.05. The van der Waals surface area contributed by atoms with Gasteiger partial charge in [0, 0.05) is 18.0 Å². The summed E-state index contributed by atoms with van der Waals surface area (Å²) in [5.74, 6) is 5.13. The molecule has 0 saturated carbocycles. The zero-order chi connectivity index (χ0) is 14.5. The third kappa shape index (κ3) is 3.65. The first-order valence-corrected chi connectivity index (χ1v) is 7.02. The second-order valence-corrected chi connectivity index (χ2v) is 5.36. The average Bonchev–Trinajstić information content (AvgIpc) is 2.96. The Morgan fingerprint density at radius 3 is 2.75 bits per heavy atom. The third-order valence-electron chi connectivity index (χ3n) is 3.14. The summed E-state index contributed by atoms with van der Waals surface area (Å²) in [6.07, 6.45) is 3.04. The monoisotopic (exact) mass is 344 g/mol. The predicted molar refractivity (Wildman–Crippen MR) is 75.9 cm³/mol. The lowest BCUT2D eigenvalue weighted by atomic mass is 10.0. The van der Waals surface area contributed by atoms with Crippen LogP contribution in [0.25, 0.3) is 0 Å². The summed E-state index contributed by atoms with van der Waals surface area (Å²) in [4.78, 5) is 0. The number of halogens is 3. The van der Waals surface area contributed by atoms with E-state index in [1.54, 1.807) is 12.3 Å². The molecule has 3 nitrogen and oxygen atoms in total. The standard InChI is InChI=1S/C14H15BrF2N2O/c15-12-5-6-13(16)11(14(12)17)8-9(19-18)3-4-10-2-1-7-20-10/h1-2,5-7,9,19H,3-4,8,18H2. The molecule has 3 N–H and O–H groups in total. The van der Waals surface area contributed by atoms with E-state index in [1.807, 2.05) is 6.07 Å². The SMILES string of the molecule is NNC(CCc1ccco1)Cc1c(F)ccc(Br)c1F. The van der Waals surface area contributed by atoms with E-state index < -0.39 is 11.6 Å². The summed E-state index contributed by atoms with van der Waals surface area (Å²) in [6, 6.07) is 6.00. The lowest BCUT2D eigenvalue weighted by Crippen LogP contribution is -2.37. The van der Waals surface area contributed by atoms with Gasteiger partial charge in [-0.05, 0) is 53.0 Å². The number of rotatable bonds is 6. The van der Waals surface area contributed by atoms with E-state index in [0.29, 0.717) is 12.8 Å². The Balaban J connectivity index is 2.04. The molecule has 0 saturated heterocycles. The predicted octanol–water partition coefficient (Wildman–Crippen LogP) is 3.33. The Morgan fingerprint density at radius 1 is 1.30 bits per heavy atom. The maximum atomic E-state index is 13.9. The average molecular weight is 345 g/mol. The van der Waals surface area contributed by atoms with Crippen molar-refractivity contribution in [1.29, 1.82) is 0 Å². The van der Waals surface area contributed by atoms with Crippen LogP contribution in [0.3, 0.4) is 0 Å². The van der Waals surface area contributed by atoms with Crippen LogP contribution in [0, 0.1) is 11.6 Å². The fourth-order valence-electron chi connectivity index (χ4n) is 2.02. The second kappa shape index (κ2) is 6.97. The number of aryl methyl sites for hydroxylation is 1. The molecule has 2 rings (SSSR count). The molecule has 1 heterocycles. The van der Waals surface area contributed by atoms with Crippen LogP contribution in [0.5, 0.6) is 0 Å². The van der Waals surface area contributed by atoms with Crippen molar-refractivity contribution < 1.29 is 13.2 Å². The van der Waals surface area contributed by atoms with E-state index in [-0.39, 0.29) is 22.5 Å². The highest BCUT2D eigenvalue weighted by Crippen LogP contribution is 2.23. The van der Waals surface area contributed by atoms with Gasteiger partial charge in [-0.2, -0.15) is 0 Å². The molecule has 0 amide bonds. The van der Waals surface area contributed by atoms with Crippen LogP contribution < -0.4 is 11.3 Å². The van der Waals surface area contributed by atoms with Gasteiger partial charge in [-0.25, -0.2) is 8.78 Å². The Hall–Kier alpha value is -1.24. The molecule has 1 unspecified atom stereocenters. The van der Waals surface area contributed by atoms with Crippen molar-refractivity contribution in [3.63, 3.8) is 0 Å². The lowest BCUT2D eigenvalue weighted by molar-refractivity contribution is 0.435. The largest absolute Gasteiger partial charge is 0.469 e. The van der Waals surface area contributed by atoms with Gasteiger partial charge in [0.25, 0.3) is 0 Å². The van der Waals surface area contributed by atoms with Gasteiger partial charge in [0.1, 0.15) is 17.4 Å². The topological polar surface area (TPSA) is 51.2 Å². The molecule has 6 heteroatoms. The molecule has 0 spiro atoms. The molecule has 108 valence electrons. The number of nitrogens with one attached hydrogen (secondary N) is 1. The van der Waals surface area contributed by atoms with Crippen LogP contribution in [0.2, 0.25) is 0 Å². The van der Waals surface area contributed by atoms with Crippen molar-refractivity contribution in [3.8, 4) is 0 Å². The number of nitrogens with two attached hydrogens (primary N) is 1. The fourth-order valence-corrected chi connectivity index (χ4v) is 2.39. The number of benzene rings is 1. The second-order valence-electron chi connectivity index (χ2n) is 4.51. The van der Waals surface area contributed by atoms with Crippen molar-refractivity contribution in [1.82, 2.24) is 5.43 Å². The number of hydrogen-bond acceptors (Lipinski definition) is 3. The maximum absolute atomic E-state index is 13.9. The Labute approximate surface area is 124 Å². The van der Waals surface area contributed by atoms with E-state index in [2.05, 4.69) is 21.4 Å². The molecular formula is C14H15BrF2N2O. The van der Waals surface area contributed by atoms with Crippen molar-refractivity contribution in [2.75, 3.05) is 0 Å². The fraction of sp³-hybridized carbons (Fsp3) is 0.286. The summed E-state index contributed by atoms with van der Waals surface area (Å²) in [7, 11) is 0. The molecule has 0 fully saturated rings. The van der Waals surface area contributed by atoms with E-state index in [1.165, 1.54) is 12.1 Å². The number of hydrogen-bond donors (Lipinski definition) is 2. The van der Waals surface area contributed by atoms with Crippen molar-refractivity contribution in [2.24, 2.45) is 5.84 Å². The Morgan fingerprint density at radius 2 is 2.10 bits per heavy atom. The van der Waals surface area contributed by atoms with Crippen LogP contribution in [0.1, 0.15) is 17.7 Å². The first kappa shape index (κ1) is 15.2. The van der Waals surface area contributed by atoms with Gasteiger partial charge in [0.2, 0.25) is 0 Å². The first-order chi connectivity index (χ1) is 9.61. The molecule has 0 aliphatic rings. The Bertz CT molecular complexity index is 561. The molecule has 0 aliphatic carbocycles. The van der Waals surface area contributed by atoms with Gasteiger partial charge in [-0.1, -0.05) is 0 Å². The molecule has 0 bridgehead atoms. The van der Waals surface area contributed by atoms with Crippen molar-refractivity contribution in [2.45, 2.75) is 25.3 Å². The third-order valence-corrected chi connectivity index (χ3v) is 3.76. The molecule has 0 radical (unpaired) electrons. The molecule has 20 heavy (non-hydrogen) atoms. The van der Waals surface area contributed by atoms with Gasteiger partial charge < -0.3 is 4.42 Å². The number of furan rings is 1. The number of hydrazine groups is 1. The Kier molecular flexibility index (Phi) is 5.28. The van der Waals surface area contributed by atoms with Crippen LogP contribution in [-0.4, -0.2) is 6.04 Å². The van der Waals surface area contributed by atoms with Crippen LogP contribution in [0.4, 0.5) is 8.78 Å². The first-order valence-electron chi connectivity index (χ1n) is 6.22. The lowest BCUT2D eigenvalue weighted by Gasteiger charge is -2.16. The molecule has 1 atom stereocenters. The highest BCUT2D eigenvalue weighted by molar-refractivity contribution is 9.10. The van der Waals surface area contributed by atoms with Gasteiger partial charge in [-0.15, -0.1) is 0 Å². The maximum Gasteiger partial charge on any atom is 0.143 e. The minimum absolute atomic E-state index is 0.0294. The highest BCUT2D eigenvalue weighted by atomic mass is 79.9. The normalized spacial score (nSPS) is 12.6. The summed E-state index contributed by atoms with van der Waals surface area (Å²) < 4.78 is 33.1. The molecule has 1 aromatic heterocycles. The highest BCUT2D eigenvalue weighted by Gasteiger charge is 2.17. The minimum Gasteiger partial charge on any atom is -0.469 e. The molecular weight excluding hydrogens is 330 g/mol. The molecule has 0 aliphatic heterocycles. The minimum atomic E-state index is -0.580. The van der Waals surface area contributed by atoms with Gasteiger partial charge in [0.05, 0.1) is 10.7 Å². The van der Waals surface area contributed by atoms with E-state index in [4.69, 9.17) is 10.3 Å². The van der Waals surface area contributed by atoms with E-state index in [0.717, 1.165) is 5.76 Å². The van der Waals surface area contributed by atoms with Crippen LogP contribution in [0.15, 0.2) is 39.4 Å². The van der Waals surface area contributed by atoms with Crippen LogP contribution >= 0.6 is 15.9 Å². The quantitative estimate of drug-likeness (QED) is 0.480. The molecule has 1 aromatic carbocycles. The smallest absolute Gasteiger partial charge is 0.143 e. The van der Waals surface area contributed by atoms with Gasteiger partial charge in [0.15, 0.2) is 0 Å². The van der Waals surface area contributed by atoms with Gasteiger partial charge >= 0.3 is 0 Å². The zero-order valence-electron chi connectivity index (χ0n) is 10.7.